The van der Waals surface area contributed by atoms with E-state index < -0.39 is 0 Å². The van der Waals surface area contributed by atoms with Crippen molar-refractivity contribution in [2.45, 2.75) is 38.9 Å². The molecule has 0 saturated heterocycles. The van der Waals surface area contributed by atoms with E-state index in [1.165, 1.54) is 0 Å². The van der Waals surface area contributed by atoms with Crippen LogP contribution in [0.5, 0.6) is 0 Å². The fourth-order valence-electron chi connectivity index (χ4n) is 1.37. The van der Waals surface area contributed by atoms with Crippen molar-refractivity contribution in [1.29, 1.82) is 0 Å². The van der Waals surface area contributed by atoms with Gasteiger partial charge in [0.15, 0.2) is 0 Å². The molecule has 0 fully saturated rings. The van der Waals surface area contributed by atoms with Crippen molar-refractivity contribution in [2.75, 3.05) is 0 Å². The summed E-state index contributed by atoms with van der Waals surface area (Å²) in [5.74, 6) is -0.338. The first kappa shape index (κ1) is 11.7. The third kappa shape index (κ3) is 3.06. The lowest BCUT2D eigenvalue weighted by molar-refractivity contribution is -0.119. The van der Waals surface area contributed by atoms with Crippen molar-refractivity contribution in [3.8, 4) is 0 Å². The number of carbonyl (C=O) groups is 1. The van der Waals surface area contributed by atoms with Gasteiger partial charge in [0.25, 0.3) is 0 Å². The molecule has 0 aliphatic rings. The summed E-state index contributed by atoms with van der Waals surface area (Å²) in [6.07, 6.45) is 3.64. The van der Waals surface area contributed by atoms with Crippen LogP contribution in [0.2, 0.25) is 0 Å². The third-order valence-corrected chi connectivity index (χ3v) is 2.61. The highest BCUT2D eigenvalue weighted by Crippen LogP contribution is 2.09. The van der Waals surface area contributed by atoms with E-state index in [4.69, 9.17) is 5.73 Å². The van der Waals surface area contributed by atoms with Gasteiger partial charge in [-0.2, -0.15) is 5.10 Å². The van der Waals surface area contributed by atoms with Crippen LogP contribution >= 0.6 is 0 Å². The lowest BCUT2D eigenvalue weighted by Gasteiger charge is -2.24. The molecular formula is C10H18N4O. The number of carbonyl (C=O) groups excluding carboxylic acids is 1. The van der Waals surface area contributed by atoms with E-state index in [2.05, 4.69) is 10.4 Å². The van der Waals surface area contributed by atoms with Crippen LogP contribution in [0.15, 0.2) is 18.5 Å². The minimum absolute atomic E-state index is 0.132. The van der Waals surface area contributed by atoms with Gasteiger partial charge >= 0.3 is 0 Å². The molecule has 0 spiro atoms. The molecule has 0 aliphatic carbocycles. The minimum atomic E-state index is -0.338. The first-order valence-electron chi connectivity index (χ1n) is 5.07. The van der Waals surface area contributed by atoms with Crippen LogP contribution in [0.1, 0.15) is 26.8 Å². The predicted octanol–water partition coefficient (Wildman–Crippen LogP) is 0.296. The number of nitrogens with two attached hydrogens (primary N) is 1. The van der Waals surface area contributed by atoms with Gasteiger partial charge in [0.1, 0.15) is 0 Å². The van der Waals surface area contributed by atoms with Crippen LogP contribution in [-0.4, -0.2) is 27.8 Å². The Balaban J connectivity index is 2.54. The van der Waals surface area contributed by atoms with E-state index in [1.807, 2.05) is 30.8 Å². The van der Waals surface area contributed by atoms with E-state index in [0.29, 0.717) is 0 Å². The minimum Gasteiger partial charge on any atom is -0.368 e. The molecule has 15 heavy (non-hydrogen) atoms. The van der Waals surface area contributed by atoms with Crippen LogP contribution in [0.3, 0.4) is 0 Å². The Morgan fingerprint density at radius 1 is 1.47 bits per heavy atom. The van der Waals surface area contributed by atoms with Crippen molar-refractivity contribution in [3.05, 3.63) is 18.5 Å². The second kappa shape index (κ2) is 4.93. The fourth-order valence-corrected chi connectivity index (χ4v) is 1.37. The molecule has 0 radical (unpaired) electrons. The molecule has 1 heterocycles. The number of hydrogen-bond donors (Lipinski definition) is 2. The van der Waals surface area contributed by atoms with Gasteiger partial charge in [-0.25, -0.2) is 0 Å². The zero-order valence-electron chi connectivity index (χ0n) is 9.34. The van der Waals surface area contributed by atoms with E-state index in [9.17, 15) is 4.79 Å². The van der Waals surface area contributed by atoms with Crippen molar-refractivity contribution < 1.29 is 4.79 Å². The van der Waals surface area contributed by atoms with Gasteiger partial charge in [-0.1, -0.05) is 0 Å². The van der Waals surface area contributed by atoms with Crippen LogP contribution in [0, 0.1) is 0 Å². The molecule has 0 unspecified atom stereocenters. The molecule has 84 valence electrons. The van der Waals surface area contributed by atoms with Crippen LogP contribution in [-0.2, 0) is 4.79 Å². The summed E-state index contributed by atoms with van der Waals surface area (Å²) in [5.41, 5.74) is 5.18. The van der Waals surface area contributed by atoms with E-state index in [-0.39, 0.29) is 24.0 Å². The summed E-state index contributed by atoms with van der Waals surface area (Å²) in [6.45, 7) is 5.80. The van der Waals surface area contributed by atoms with E-state index in [0.717, 1.165) is 0 Å². The fraction of sp³-hybridized carbons (Fsp3) is 0.600. The number of nitrogens with zero attached hydrogens (tertiary/aromatic N) is 2. The second-order valence-corrected chi connectivity index (χ2v) is 3.81. The summed E-state index contributed by atoms with van der Waals surface area (Å²) in [4.78, 5) is 10.9. The lowest BCUT2D eigenvalue weighted by atomic mass is 10.1. The summed E-state index contributed by atoms with van der Waals surface area (Å²) in [5, 5.41) is 7.28. The standard InChI is InChI=1S/C10H18N4O/c1-7(13-8(2)10(11)15)9(3)14-6-4-5-12-14/h4-9,13H,1-3H3,(H2,11,15)/t7-,8+,9-/m1/s1. The molecule has 0 aromatic carbocycles. The Morgan fingerprint density at radius 3 is 2.60 bits per heavy atom. The lowest BCUT2D eigenvalue weighted by Crippen LogP contribution is -2.46. The number of primary amides is 1. The van der Waals surface area contributed by atoms with Crippen LogP contribution < -0.4 is 11.1 Å². The van der Waals surface area contributed by atoms with Crippen molar-refractivity contribution >= 4 is 5.91 Å². The molecule has 3 N–H and O–H groups in total. The third-order valence-electron chi connectivity index (χ3n) is 2.61. The normalized spacial score (nSPS) is 17.0. The highest BCUT2D eigenvalue weighted by atomic mass is 16.1. The number of nitrogens with one attached hydrogen (secondary N) is 1. The molecule has 3 atom stereocenters. The first-order chi connectivity index (χ1) is 7.02. The predicted molar refractivity (Wildman–Crippen MR) is 58.2 cm³/mol. The Morgan fingerprint density at radius 2 is 2.13 bits per heavy atom. The smallest absolute Gasteiger partial charge is 0.234 e. The number of hydrogen-bond acceptors (Lipinski definition) is 3. The van der Waals surface area contributed by atoms with Gasteiger partial charge in [-0.15, -0.1) is 0 Å². The Hall–Kier alpha value is -1.36. The van der Waals surface area contributed by atoms with Gasteiger partial charge in [-0.3, -0.25) is 9.48 Å². The maximum atomic E-state index is 10.9. The molecule has 1 aromatic rings. The molecule has 0 saturated carbocycles. The Bertz CT molecular complexity index is 309. The molecule has 1 amide bonds. The van der Waals surface area contributed by atoms with Gasteiger partial charge in [0.2, 0.25) is 5.91 Å². The molecule has 5 nitrogen and oxygen atoms in total. The highest BCUT2D eigenvalue weighted by molar-refractivity contribution is 5.79. The van der Waals surface area contributed by atoms with Gasteiger partial charge in [-0.05, 0) is 26.8 Å². The maximum Gasteiger partial charge on any atom is 0.234 e. The van der Waals surface area contributed by atoms with Crippen molar-refractivity contribution in [2.24, 2.45) is 5.73 Å². The Labute approximate surface area is 89.6 Å². The molecule has 1 aromatic heterocycles. The largest absolute Gasteiger partial charge is 0.368 e. The SMILES string of the molecule is C[C@H](N[C@H](C)[C@@H](C)n1cccn1)C(N)=O. The quantitative estimate of drug-likeness (QED) is 0.734. The average Bonchev–Trinajstić information content (AvgIpc) is 2.68. The summed E-state index contributed by atoms with van der Waals surface area (Å²) >= 11 is 0. The molecule has 5 heteroatoms. The first-order valence-corrected chi connectivity index (χ1v) is 5.07. The van der Waals surface area contributed by atoms with Crippen LogP contribution in [0.25, 0.3) is 0 Å². The molecule has 1 rings (SSSR count). The van der Waals surface area contributed by atoms with Crippen molar-refractivity contribution in [1.82, 2.24) is 15.1 Å². The van der Waals surface area contributed by atoms with Gasteiger partial charge in [0.05, 0.1) is 12.1 Å². The zero-order chi connectivity index (χ0) is 11.4. The van der Waals surface area contributed by atoms with Gasteiger partial charge < -0.3 is 11.1 Å². The summed E-state index contributed by atoms with van der Waals surface area (Å²) < 4.78 is 1.85. The summed E-state index contributed by atoms with van der Waals surface area (Å²) in [7, 11) is 0. The Kier molecular flexibility index (Phi) is 3.85. The number of rotatable bonds is 5. The maximum absolute atomic E-state index is 10.9. The highest BCUT2D eigenvalue weighted by Gasteiger charge is 2.18. The van der Waals surface area contributed by atoms with E-state index in [1.54, 1.807) is 13.1 Å². The van der Waals surface area contributed by atoms with Crippen molar-refractivity contribution in [3.63, 3.8) is 0 Å². The monoisotopic (exact) mass is 210 g/mol. The van der Waals surface area contributed by atoms with Gasteiger partial charge in [0, 0.05) is 18.4 Å². The molecular weight excluding hydrogens is 192 g/mol. The number of aromatic nitrogens is 2. The topological polar surface area (TPSA) is 72.9 Å². The van der Waals surface area contributed by atoms with Crippen LogP contribution in [0.4, 0.5) is 0 Å². The summed E-state index contributed by atoms with van der Waals surface area (Å²) in [6, 6.07) is 1.87. The number of amides is 1. The second-order valence-electron chi connectivity index (χ2n) is 3.81. The molecule has 0 aliphatic heterocycles. The van der Waals surface area contributed by atoms with E-state index >= 15 is 0 Å². The zero-order valence-corrected chi connectivity index (χ0v) is 9.34. The average molecular weight is 210 g/mol. The molecule has 0 bridgehead atoms.